The lowest BCUT2D eigenvalue weighted by Crippen LogP contribution is -2.57. The molecule has 1 N–H and O–H groups in total. The predicted octanol–water partition coefficient (Wildman–Crippen LogP) is 4.21. The fraction of sp³-hybridized carbons (Fsp3) is 0.708. The molecule has 2 aliphatic rings. The monoisotopic (exact) mass is 450 g/mol. The summed E-state index contributed by atoms with van der Waals surface area (Å²) in [6.07, 6.45) is -1.61. The number of Topliss-reactive ketones (excluding diaryl/α,β-unsaturated/α-hetero) is 1. The van der Waals surface area contributed by atoms with E-state index in [1.165, 1.54) is 0 Å². The normalized spacial score (nSPS) is 31.4. The van der Waals surface area contributed by atoms with Crippen molar-refractivity contribution in [2.24, 2.45) is 0 Å². The van der Waals surface area contributed by atoms with Crippen LogP contribution in [0.5, 0.6) is 0 Å². The first kappa shape index (κ1) is 24.5. The third-order valence-electron chi connectivity index (χ3n) is 6.74. The molecule has 0 radical (unpaired) electrons. The molecule has 1 aromatic carbocycles. The van der Waals surface area contributed by atoms with Crippen molar-refractivity contribution >= 4 is 14.1 Å². The Balaban J connectivity index is 1.89. The fourth-order valence-corrected chi connectivity index (χ4v) is 5.03. The summed E-state index contributed by atoms with van der Waals surface area (Å²) in [5, 5.41) is 11.8. The maximum Gasteiger partial charge on any atom is 0.192 e. The predicted molar refractivity (Wildman–Crippen MR) is 121 cm³/mol. The lowest BCUT2D eigenvalue weighted by molar-refractivity contribution is -0.202. The van der Waals surface area contributed by atoms with Crippen LogP contribution in [0.3, 0.4) is 0 Å². The van der Waals surface area contributed by atoms with Crippen LogP contribution in [-0.4, -0.2) is 55.5 Å². The van der Waals surface area contributed by atoms with Crippen LogP contribution in [0.2, 0.25) is 18.1 Å². The standard InChI is InChI=1S/C24H38O6Si/c1-22(2,3)31(6,7)28-16-24(26)14-18(25)13-19-20(30-23(4,5)29-19)21(24)27-15-17-11-9-8-10-12-17/h8-12,19-21,26H,13-16H2,1-7H3/t19-,20+,21+,24?/m1/s1. The fourth-order valence-electron chi connectivity index (χ4n) is 3.99. The van der Waals surface area contributed by atoms with Gasteiger partial charge in [-0.05, 0) is 37.5 Å². The molecule has 174 valence electrons. The summed E-state index contributed by atoms with van der Waals surface area (Å²) in [5.74, 6) is -0.911. The van der Waals surface area contributed by atoms with Gasteiger partial charge in [0.25, 0.3) is 0 Å². The quantitative estimate of drug-likeness (QED) is 0.655. The number of hydrogen-bond donors (Lipinski definition) is 1. The van der Waals surface area contributed by atoms with Crippen molar-refractivity contribution in [2.45, 2.75) is 102 Å². The van der Waals surface area contributed by atoms with Crippen molar-refractivity contribution in [3.8, 4) is 0 Å². The smallest absolute Gasteiger partial charge is 0.192 e. The minimum atomic E-state index is -2.15. The third-order valence-corrected chi connectivity index (χ3v) is 11.2. The second kappa shape index (κ2) is 8.69. The topological polar surface area (TPSA) is 74.2 Å². The van der Waals surface area contributed by atoms with Gasteiger partial charge in [0, 0.05) is 12.8 Å². The highest BCUT2D eigenvalue weighted by atomic mass is 28.4. The molecule has 1 heterocycles. The molecule has 1 saturated carbocycles. The number of ketones is 1. The van der Waals surface area contributed by atoms with E-state index in [0.29, 0.717) is 6.61 Å². The number of benzene rings is 1. The molecule has 0 aromatic heterocycles. The van der Waals surface area contributed by atoms with Gasteiger partial charge in [0.15, 0.2) is 14.1 Å². The number of aliphatic hydroxyl groups is 1. The molecule has 3 rings (SSSR count). The van der Waals surface area contributed by atoms with Crippen LogP contribution in [0.4, 0.5) is 0 Å². The van der Waals surface area contributed by atoms with Gasteiger partial charge in [-0.3, -0.25) is 4.79 Å². The molecule has 1 unspecified atom stereocenters. The van der Waals surface area contributed by atoms with Gasteiger partial charge in [0.05, 0.1) is 19.3 Å². The molecule has 1 aromatic rings. The molecule has 6 nitrogen and oxygen atoms in total. The van der Waals surface area contributed by atoms with Gasteiger partial charge in [0.2, 0.25) is 0 Å². The Morgan fingerprint density at radius 1 is 1.16 bits per heavy atom. The lowest BCUT2D eigenvalue weighted by atomic mass is 9.90. The van der Waals surface area contributed by atoms with E-state index >= 15 is 0 Å². The molecule has 1 aliphatic carbocycles. The Hall–Kier alpha value is -1.09. The minimum absolute atomic E-state index is 0.0179. The van der Waals surface area contributed by atoms with Crippen molar-refractivity contribution in [3.05, 3.63) is 35.9 Å². The van der Waals surface area contributed by atoms with Gasteiger partial charge in [0.1, 0.15) is 23.6 Å². The van der Waals surface area contributed by atoms with Gasteiger partial charge in [-0.15, -0.1) is 0 Å². The zero-order valence-corrected chi connectivity index (χ0v) is 20.9. The second-order valence-corrected chi connectivity index (χ2v) is 15.7. The van der Waals surface area contributed by atoms with Gasteiger partial charge in [-0.2, -0.15) is 0 Å². The van der Waals surface area contributed by atoms with E-state index in [1.54, 1.807) is 0 Å². The second-order valence-electron chi connectivity index (χ2n) is 10.9. The van der Waals surface area contributed by atoms with E-state index in [0.717, 1.165) is 5.56 Å². The van der Waals surface area contributed by atoms with Crippen LogP contribution in [0, 0.1) is 0 Å². The lowest BCUT2D eigenvalue weighted by Gasteiger charge is -2.42. The van der Waals surface area contributed by atoms with E-state index in [2.05, 4.69) is 33.9 Å². The number of rotatable bonds is 6. The molecule has 0 spiro atoms. The van der Waals surface area contributed by atoms with Gasteiger partial charge >= 0.3 is 0 Å². The van der Waals surface area contributed by atoms with Crippen molar-refractivity contribution in [1.29, 1.82) is 0 Å². The molecule has 1 aliphatic heterocycles. The summed E-state index contributed by atoms with van der Waals surface area (Å²) in [7, 11) is -2.15. The number of carbonyl (C=O) groups excluding carboxylic acids is 1. The van der Waals surface area contributed by atoms with E-state index in [4.69, 9.17) is 18.6 Å². The summed E-state index contributed by atoms with van der Waals surface area (Å²) in [4.78, 5) is 12.8. The van der Waals surface area contributed by atoms with E-state index in [-0.39, 0.29) is 30.3 Å². The van der Waals surface area contributed by atoms with Crippen LogP contribution in [0.15, 0.2) is 30.3 Å². The Morgan fingerprint density at radius 2 is 1.81 bits per heavy atom. The Kier molecular flexibility index (Phi) is 6.88. The SMILES string of the molecule is CC1(C)O[C@H]2[C@@H](CC(=O)CC(O)(CO[Si](C)(C)C(C)(C)C)[C@H]2OCc2ccccc2)O1. The van der Waals surface area contributed by atoms with Gasteiger partial charge in [-0.25, -0.2) is 0 Å². The van der Waals surface area contributed by atoms with Crippen LogP contribution in [-0.2, 0) is 30.0 Å². The molecule has 2 fully saturated rings. The Morgan fingerprint density at radius 3 is 2.42 bits per heavy atom. The number of ether oxygens (including phenoxy) is 3. The zero-order chi connectivity index (χ0) is 23.1. The molecule has 4 atom stereocenters. The molecule has 1 saturated heterocycles. The van der Waals surface area contributed by atoms with E-state index < -0.39 is 38.0 Å². The summed E-state index contributed by atoms with van der Waals surface area (Å²) >= 11 is 0. The average Bonchev–Trinajstić information content (AvgIpc) is 2.89. The maximum absolute atomic E-state index is 12.8. The summed E-state index contributed by atoms with van der Waals surface area (Å²) in [6.45, 7) is 14.7. The van der Waals surface area contributed by atoms with Crippen molar-refractivity contribution in [2.75, 3.05) is 6.61 Å². The van der Waals surface area contributed by atoms with Crippen LogP contribution in [0.1, 0.15) is 53.0 Å². The molecule has 0 bridgehead atoms. The average molecular weight is 451 g/mol. The van der Waals surface area contributed by atoms with Crippen LogP contribution < -0.4 is 0 Å². The molecule has 7 heteroatoms. The molecule has 0 amide bonds. The first-order valence-electron chi connectivity index (χ1n) is 11.1. The van der Waals surface area contributed by atoms with Crippen LogP contribution >= 0.6 is 0 Å². The van der Waals surface area contributed by atoms with E-state index in [9.17, 15) is 9.90 Å². The highest BCUT2D eigenvalue weighted by molar-refractivity contribution is 6.74. The third kappa shape index (κ3) is 5.64. The molecular weight excluding hydrogens is 412 g/mol. The Labute approximate surface area is 187 Å². The first-order valence-corrected chi connectivity index (χ1v) is 14.0. The first-order chi connectivity index (χ1) is 14.2. The molecular formula is C24H38O6Si. The van der Waals surface area contributed by atoms with Crippen molar-refractivity contribution in [3.63, 3.8) is 0 Å². The van der Waals surface area contributed by atoms with Crippen molar-refractivity contribution < 1.29 is 28.5 Å². The molecule has 31 heavy (non-hydrogen) atoms. The number of hydrogen-bond acceptors (Lipinski definition) is 6. The largest absolute Gasteiger partial charge is 0.414 e. The maximum atomic E-state index is 12.8. The number of carbonyl (C=O) groups is 1. The van der Waals surface area contributed by atoms with Crippen LogP contribution in [0.25, 0.3) is 0 Å². The zero-order valence-electron chi connectivity index (χ0n) is 19.9. The van der Waals surface area contributed by atoms with Crippen molar-refractivity contribution in [1.82, 2.24) is 0 Å². The van der Waals surface area contributed by atoms with Gasteiger partial charge in [-0.1, -0.05) is 51.1 Å². The van der Waals surface area contributed by atoms with E-state index in [1.807, 2.05) is 44.2 Å². The number of fused-ring (bicyclic) bond motifs is 1. The minimum Gasteiger partial charge on any atom is -0.414 e. The Bertz CT molecular complexity index is 772. The summed E-state index contributed by atoms with van der Waals surface area (Å²) < 4.78 is 24.9. The highest BCUT2D eigenvalue weighted by Crippen LogP contribution is 2.42. The summed E-state index contributed by atoms with van der Waals surface area (Å²) in [6, 6.07) is 9.79. The highest BCUT2D eigenvalue weighted by Gasteiger charge is 2.57. The van der Waals surface area contributed by atoms with Gasteiger partial charge < -0.3 is 23.7 Å². The summed E-state index contributed by atoms with van der Waals surface area (Å²) in [5.41, 5.74) is -0.509.